The van der Waals surface area contributed by atoms with Crippen LogP contribution in [0.2, 0.25) is 5.02 Å². The minimum Gasteiger partial charge on any atom is -0.462 e. The topological polar surface area (TPSA) is 26.3 Å². The molecule has 1 fully saturated rings. The van der Waals surface area contributed by atoms with Crippen molar-refractivity contribution in [3.63, 3.8) is 0 Å². The van der Waals surface area contributed by atoms with Crippen LogP contribution in [0.1, 0.15) is 43.0 Å². The Morgan fingerprint density at radius 1 is 1.44 bits per heavy atom. The van der Waals surface area contributed by atoms with Gasteiger partial charge in [0.1, 0.15) is 0 Å². The van der Waals surface area contributed by atoms with E-state index in [1.54, 1.807) is 24.3 Å². The predicted octanol–water partition coefficient (Wildman–Crippen LogP) is 4.32. The molecule has 0 N–H and O–H groups in total. The normalized spacial score (nSPS) is 22.3. The highest BCUT2D eigenvalue weighted by molar-refractivity contribution is 6.30. The third kappa shape index (κ3) is 3.49. The van der Waals surface area contributed by atoms with Gasteiger partial charge in [-0.15, -0.1) is 0 Å². The summed E-state index contributed by atoms with van der Waals surface area (Å²) in [6.07, 6.45) is 4.82. The second-order valence-electron chi connectivity index (χ2n) is 5.10. The molecule has 98 valence electrons. The molecule has 0 radical (unpaired) electrons. The summed E-state index contributed by atoms with van der Waals surface area (Å²) in [7, 11) is 0. The van der Waals surface area contributed by atoms with Crippen molar-refractivity contribution in [3.8, 4) is 0 Å². The van der Waals surface area contributed by atoms with Gasteiger partial charge in [-0.25, -0.2) is 4.79 Å². The van der Waals surface area contributed by atoms with Gasteiger partial charge in [-0.1, -0.05) is 31.0 Å². The maximum absolute atomic E-state index is 11.7. The molecule has 1 aromatic carbocycles. The Bertz CT molecular complexity index is 417. The van der Waals surface area contributed by atoms with Crippen LogP contribution < -0.4 is 0 Å². The highest BCUT2D eigenvalue weighted by atomic mass is 35.5. The summed E-state index contributed by atoms with van der Waals surface area (Å²) in [4.78, 5) is 11.7. The second kappa shape index (κ2) is 6.24. The van der Waals surface area contributed by atoms with E-state index in [0.717, 1.165) is 18.3 Å². The van der Waals surface area contributed by atoms with Crippen LogP contribution in [0.5, 0.6) is 0 Å². The third-order valence-corrected chi connectivity index (χ3v) is 4.05. The first-order valence-electron chi connectivity index (χ1n) is 6.59. The van der Waals surface area contributed by atoms with E-state index in [-0.39, 0.29) is 5.97 Å². The van der Waals surface area contributed by atoms with Gasteiger partial charge in [-0.3, -0.25) is 0 Å². The Balaban J connectivity index is 1.68. The summed E-state index contributed by atoms with van der Waals surface area (Å²) in [5.74, 6) is 1.42. The number of hydrogen-bond donors (Lipinski definition) is 0. The molecule has 1 aromatic rings. The Kier molecular flexibility index (Phi) is 4.65. The molecule has 1 saturated carbocycles. The summed E-state index contributed by atoms with van der Waals surface area (Å²) in [5.41, 5.74) is 0.527. The van der Waals surface area contributed by atoms with Gasteiger partial charge in [0.05, 0.1) is 12.2 Å². The quantitative estimate of drug-likeness (QED) is 0.586. The molecule has 0 amide bonds. The van der Waals surface area contributed by atoms with Gasteiger partial charge in [0.25, 0.3) is 0 Å². The molecular weight excluding hydrogens is 248 g/mol. The van der Waals surface area contributed by atoms with E-state index in [9.17, 15) is 4.79 Å². The number of benzene rings is 1. The van der Waals surface area contributed by atoms with Crippen molar-refractivity contribution in [3.05, 3.63) is 34.9 Å². The maximum atomic E-state index is 11.7. The zero-order valence-electron chi connectivity index (χ0n) is 10.7. The van der Waals surface area contributed by atoms with Crippen LogP contribution in [0.4, 0.5) is 0 Å². The summed E-state index contributed by atoms with van der Waals surface area (Å²) in [6.45, 7) is 2.81. The summed E-state index contributed by atoms with van der Waals surface area (Å²) >= 11 is 5.83. The van der Waals surface area contributed by atoms with E-state index in [1.807, 2.05) is 0 Å². The molecule has 1 aliphatic rings. The van der Waals surface area contributed by atoms with E-state index in [4.69, 9.17) is 16.3 Å². The molecule has 2 rings (SSSR count). The van der Waals surface area contributed by atoms with Crippen molar-refractivity contribution in [1.82, 2.24) is 0 Å². The van der Waals surface area contributed by atoms with Gasteiger partial charge in [-0.05, 0) is 49.3 Å². The monoisotopic (exact) mass is 266 g/mol. The number of carbonyl (C=O) groups excluding carboxylic acids is 1. The van der Waals surface area contributed by atoms with E-state index >= 15 is 0 Å². The lowest BCUT2D eigenvalue weighted by Crippen LogP contribution is -2.23. The molecule has 0 bridgehead atoms. The Morgan fingerprint density at radius 3 is 2.89 bits per heavy atom. The van der Waals surface area contributed by atoms with Crippen molar-refractivity contribution < 1.29 is 9.53 Å². The Hall–Kier alpha value is -1.02. The molecule has 0 aromatic heterocycles. The van der Waals surface area contributed by atoms with Crippen LogP contribution in [-0.4, -0.2) is 12.6 Å². The van der Waals surface area contributed by atoms with Crippen LogP contribution >= 0.6 is 11.6 Å². The van der Waals surface area contributed by atoms with E-state index in [1.165, 1.54) is 19.3 Å². The zero-order valence-corrected chi connectivity index (χ0v) is 11.5. The molecule has 2 nitrogen and oxygen atoms in total. The molecule has 0 spiro atoms. The van der Waals surface area contributed by atoms with Crippen molar-refractivity contribution >= 4 is 17.6 Å². The summed E-state index contributed by atoms with van der Waals surface area (Å²) < 4.78 is 5.24. The summed E-state index contributed by atoms with van der Waals surface area (Å²) in [6, 6.07) is 6.87. The number of halogens is 1. The Morgan fingerprint density at radius 2 is 2.28 bits per heavy atom. The van der Waals surface area contributed by atoms with Crippen molar-refractivity contribution in [1.29, 1.82) is 0 Å². The van der Waals surface area contributed by atoms with E-state index in [2.05, 4.69) is 6.92 Å². The first-order chi connectivity index (χ1) is 8.66. The van der Waals surface area contributed by atoms with Gasteiger partial charge in [0, 0.05) is 5.02 Å². The fraction of sp³-hybridized carbons (Fsp3) is 0.533. The molecule has 3 heteroatoms. The molecular formula is C15H19ClO2. The average molecular weight is 267 g/mol. The van der Waals surface area contributed by atoms with Crippen LogP contribution in [0.15, 0.2) is 24.3 Å². The lowest BCUT2D eigenvalue weighted by molar-refractivity contribution is 0.0479. The van der Waals surface area contributed by atoms with E-state index in [0.29, 0.717) is 17.2 Å². The minimum atomic E-state index is -0.279. The van der Waals surface area contributed by atoms with Gasteiger partial charge in [0.15, 0.2) is 0 Å². The molecule has 0 aliphatic heterocycles. The molecule has 0 heterocycles. The number of carbonyl (C=O) groups is 1. The first-order valence-corrected chi connectivity index (χ1v) is 6.97. The minimum absolute atomic E-state index is 0.279. The molecule has 2 atom stereocenters. The third-order valence-electron chi connectivity index (χ3n) is 3.81. The SMILES string of the molecule is CC1CCC1CCCOC(=O)c1cccc(Cl)c1. The second-order valence-corrected chi connectivity index (χ2v) is 5.54. The van der Waals surface area contributed by atoms with Gasteiger partial charge in [0.2, 0.25) is 0 Å². The van der Waals surface area contributed by atoms with Crippen molar-refractivity contribution in [2.45, 2.75) is 32.6 Å². The highest BCUT2D eigenvalue weighted by Gasteiger charge is 2.25. The predicted molar refractivity (Wildman–Crippen MR) is 72.9 cm³/mol. The molecule has 18 heavy (non-hydrogen) atoms. The zero-order chi connectivity index (χ0) is 13.0. The molecule has 1 aliphatic carbocycles. The average Bonchev–Trinajstić information content (AvgIpc) is 2.36. The lowest BCUT2D eigenvalue weighted by Gasteiger charge is -2.33. The van der Waals surface area contributed by atoms with E-state index < -0.39 is 0 Å². The number of ether oxygens (including phenoxy) is 1. The van der Waals surface area contributed by atoms with Gasteiger partial charge in [-0.2, -0.15) is 0 Å². The fourth-order valence-corrected chi connectivity index (χ4v) is 2.56. The van der Waals surface area contributed by atoms with Crippen LogP contribution in [0, 0.1) is 11.8 Å². The maximum Gasteiger partial charge on any atom is 0.338 e. The molecule has 0 saturated heterocycles. The number of esters is 1. The summed E-state index contributed by atoms with van der Waals surface area (Å²) in [5, 5.41) is 0.563. The highest BCUT2D eigenvalue weighted by Crippen LogP contribution is 2.36. The molecule has 2 unspecified atom stereocenters. The number of hydrogen-bond acceptors (Lipinski definition) is 2. The van der Waals surface area contributed by atoms with Crippen molar-refractivity contribution in [2.24, 2.45) is 11.8 Å². The van der Waals surface area contributed by atoms with Gasteiger partial charge < -0.3 is 4.74 Å². The smallest absolute Gasteiger partial charge is 0.338 e. The van der Waals surface area contributed by atoms with Crippen LogP contribution in [-0.2, 0) is 4.74 Å². The standard InChI is InChI=1S/C15H19ClO2/c1-11-7-8-12(11)5-3-9-18-15(17)13-4-2-6-14(16)10-13/h2,4,6,10-12H,3,5,7-9H2,1H3. The number of rotatable bonds is 5. The van der Waals surface area contributed by atoms with Gasteiger partial charge >= 0.3 is 5.97 Å². The van der Waals surface area contributed by atoms with Crippen molar-refractivity contribution in [2.75, 3.05) is 6.61 Å². The Labute approximate surface area is 113 Å². The van der Waals surface area contributed by atoms with Crippen LogP contribution in [0.25, 0.3) is 0 Å². The van der Waals surface area contributed by atoms with Crippen LogP contribution in [0.3, 0.4) is 0 Å². The lowest BCUT2D eigenvalue weighted by atomic mass is 9.73. The fourth-order valence-electron chi connectivity index (χ4n) is 2.37. The largest absolute Gasteiger partial charge is 0.462 e. The first kappa shape index (κ1) is 13.4.